The first kappa shape index (κ1) is 29.3. The maximum Gasteiger partial charge on any atom is 0.244 e. The van der Waals surface area contributed by atoms with Crippen molar-refractivity contribution in [3.63, 3.8) is 0 Å². The lowest BCUT2D eigenvalue weighted by atomic mass is 9.95. The molecular weight excluding hydrogens is 565 g/mol. The van der Waals surface area contributed by atoms with Crippen LogP contribution in [0.1, 0.15) is 28.8 Å². The van der Waals surface area contributed by atoms with Crippen molar-refractivity contribution < 1.29 is 35.1 Å². The molecule has 12 heteroatoms. The summed E-state index contributed by atoms with van der Waals surface area (Å²) in [5, 5.41) is 18.7. The molecular formula is C28H25F3N2O5S2. The smallest absolute Gasteiger partial charge is 0.244 e. The van der Waals surface area contributed by atoms with Crippen LogP contribution in [0.15, 0.2) is 101 Å². The molecule has 210 valence electrons. The first-order valence-corrected chi connectivity index (χ1v) is 15.2. The van der Waals surface area contributed by atoms with Gasteiger partial charge in [0.15, 0.2) is 32.2 Å². The molecule has 0 heterocycles. The summed E-state index contributed by atoms with van der Waals surface area (Å²) in [6.07, 6.45) is -1.59. The zero-order chi connectivity index (χ0) is 29.1. The molecule has 0 aromatic heterocycles. The van der Waals surface area contributed by atoms with E-state index in [1.165, 1.54) is 12.1 Å². The Morgan fingerprint density at radius 1 is 0.700 bits per heavy atom. The molecule has 40 heavy (non-hydrogen) atoms. The number of aliphatic hydroxyl groups is 1. The van der Waals surface area contributed by atoms with Gasteiger partial charge in [0.1, 0.15) is 11.0 Å². The van der Waals surface area contributed by atoms with Gasteiger partial charge in [-0.1, -0.05) is 91.0 Å². The lowest BCUT2D eigenvalue weighted by Crippen LogP contribution is -2.26. The van der Waals surface area contributed by atoms with Crippen molar-refractivity contribution in [1.29, 1.82) is 0 Å². The Bertz CT molecular complexity index is 1710. The van der Waals surface area contributed by atoms with Crippen LogP contribution in [0.5, 0.6) is 0 Å². The Morgan fingerprint density at radius 3 is 1.70 bits per heavy atom. The Kier molecular flexibility index (Phi) is 8.64. The summed E-state index contributed by atoms with van der Waals surface area (Å²) in [7, 11) is -9.97. The number of hydrogen-bond donors (Lipinski definition) is 3. The van der Waals surface area contributed by atoms with Gasteiger partial charge in [0, 0.05) is 0 Å². The van der Waals surface area contributed by atoms with Gasteiger partial charge in [-0.25, -0.2) is 35.1 Å². The third-order valence-corrected chi connectivity index (χ3v) is 8.92. The summed E-state index contributed by atoms with van der Waals surface area (Å²) in [4.78, 5) is -3.25. The Hall–Kier alpha value is -3.71. The average molecular weight is 591 g/mol. The lowest BCUT2D eigenvalue weighted by Gasteiger charge is -2.28. The minimum atomic E-state index is -5.19. The highest BCUT2D eigenvalue weighted by atomic mass is 32.2. The maximum absolute atomic E-state index is 15.8. The summed E-state index contributed by atoms with van der Waals surface area (Å²) in [6, 6.07) is 22.9. The predicted molar refractivity (Wildman–Crippen MR) is 144 cm³/mol. The Morgan fingerprint density at radius 2 is 1.18 bits per heavy atom. The van der Waals surface area contributed by atoms with Gasteiger partial charge in [-0.3, -0.25) is 0 Å². The van der Waals surface area contributed by atoms with Gasteiger partial charge in [-0.05, 0) is 23.1 Å². The van der Waals surface area contributed by atoms with E-state index in [0.717, 1.165) is 0 Å². The number of aliphatic hydroxyl groups excluding tert-OH is 1. The van der Waals surface area contributed by atoms with Crippen molar-refractivity contribution in [1.82, 2.24) is 0 Å². The normalized spacial score (nSPS) is 13.5. The predicted octanol–water partition coefficient (Wildman–Crippen LogP) is 4.65. The zero-order valence-electron chi connectivity index (χ0n) is 20.8. The molecule has 4 aromatic rings. The molecule has 0 bridgehead atoms. The van der Waals surface area contributed by atoms with Crippen LogP contribution in [-0.2, 0) is 26.3 Å². The topological polar surface area (TPSA) is 127 Å². The molecule has 7 nitrogen and oxygen atoms in total. The molecule has 4 aromatic carbocycles. The van der Waals surface area contributed by atoms with Crippen LogP contribution in [0.25, 0.3) is 0 Å². The summed E-state index contributed by atoms with van der Waals surface area (Å²) in [6.45, 7) is 0. The second-order valence-electron chi connectivity index (χ2n) is 8.96. The molecule has 0 aliphatic rings. The van der Waals surface area contributed by atoms with E-state index in [0.29, 0.717) is 16.7 Å². The van der Waals surface area contributed by atoms with E-state index in [9.17, 15) is 26.3 Å². The van der Waals surface area contributed by atoms with E-state index in [4.69, 9.17) is 5.14 Å². The fourth-order valence-electron chi connectivity index (χ4n) is 4.29. The van der Waals surface area contributed by atoms with E-state index in [2.05, 4.69) is 5.32 Å². The van der Waals surface area contributed by atoms with Gasteiger partial charge in [0.05, 0.1) is 17.5 Å². The molecule has 0 fully saturated rings. The number of nitrogens with two attached hydrogens (primary N) is 1. The largest absolute Gasteiger partial charge is 0.386 e. The second-order valence-corrected chi connectivity index (χ2v) is 12.5. The van der Waals surface area contributed by atoms with E-state index in [1.807, 2.05) is 0 Å². The summed E-state index contributed by atoms with van der Waals surface area (Å²) >= 11 is 0. The first-order valence-electron chi connectivity index (χ1n) is 12.0. The molecule has 4 rings (SSSR count). The van der Waals surface area contributed by atoms with Gasteiger partial charge in [0.25, 0.3) is 0 Å². The van der Waals surface area contributed by atoms with Crippen LogP contribution in [0.4, 0.5) is 18.9 Å². The number of benzene rings is 4. The van der Waals surface area contributed by atoms with E-state index >= 15 is 8.78 Å². The summed E-state index contributed by atoms with van der Waals surface area (Å²) in [5.41, 5.74) is 0.0318. The maximum atomic E-state index is 15.8. The van der Waals surface area contributed by atoms with Crippen molar-refractivity contribution in [2.75, 3.05) is 11.1 Å². The number of sulfone groups is 1. The van der Waals surface area contributed by atoms with Gasteiger partial charge in [0.2, 0.25) is 10.0 Å². The number of aryl methyl sites for hydroxylation is 1. The number of nitrogens with one attached hydrogen (secondary N) is 1. The van der Waals surface area contributed by atoms with Crippen LogP contribution >= 0.6 is 0 Å². The molecule has 0 unspecified atom stereocenters. The first-order chi connectivity index (χ1) is 18.9. The summed E-state index contributed by atoms with van der Waals surface area (Å²) < 4.78 is 97.2. The second kappa shape index (κ2) is 11.8. The van der Waals surface area contributed by atoms with Gasteiger partial charge in [-0.2, -0.15) is 0 Å². The fraction of sp³-hybridized carbons (Fsp3) is 0.143. The lowest BCUT2D eigenvalue weighted by molar-refractivity contribution is 0.154. The average Bonchev–Trinajstić information content (AvgIpc) is 2.93. The molecule has 2 atom stereocenters. The van der Waals surface area contributed by atoms with Crippen LogP contribution in [0.2, 0.25) is 0 Å². The standard InChI is InChI=1S/C28H25F3N2O5S2/c29-21-22(30)28(39(35,36)17-16-18-10-4-1-5-11-18)25(23(31)27(21)40(32,37)38)33-24(19-12-6-2-7-13-19)26(34)20-14-8-3-9-15-20/h1-15,24,26,33-34H,16-17H2,(H2,32,37,38)/t24-,26-/m1/s1. The number of rotatable bonds is 10. The Labute approximate surface area is 230 Å². The number of sulfonamides is 1. The summed E-state index contributed by atoms with van der Waals surface area (Å²) in [5.74, 6) is -7.06. The SMILES string of the molecule is NS(=O)(=O)c1c(F)c(F)c(S(=O)(=O)CCc2ccccc2)c(N[C@H](c2ccccc2)[C@H](O)c2ccccc2)c1F. The molecule has 0 saturated heterocycles. The molecule has 0 radical (unpaired) electrons. The zero-order valence-corrected chi connectivity index (χ0v) is 22.5. The van der Waals surface area contributed by atoms with Gasteiger partial charge >= 0.3 is 0 Å². The van der Waals surface area contributed by atoms with Crippen LogP contribution in [0, 0.1) is 17.5 Å². The third kappa shape index (κ3) is 6.20. The van der Waals surface area contributed by atoms with E-state index in [-0.39, 0.29) is 6.42 Å². The van der Waals surface area contributed by atoms with Crippen LogP contribution < -0.4 is 10.5 Å². The number of hydrogen-bond acceptors (Lipinski definition) is 6. The van der Waals surface area contributed by atoms with Crippen molar-refractivity contribution in [2.24, 2.45) is 5.14 Å². The highest BCUT2D eigenvalue weighted by Gasteiger charge is 2.38. The van der Waals surface area contributed by atoms with Crippen molar-refractivity contribution in [3.8, 4) is 0 Å². The van der Waals surface area contributed by atoms with Crippen LogP contribution in [0.3, 0.4) is 0 Å². The molecule has 0 spiro atoms. The highest BCUT2D eigenvalue weighted by molar-refractivity contribution is 7.91. The number of primary sulfonamides is 1. The van der Waals surface area contributed by atoms with E-state index in [1.54, 1.807) is 78.9 Å². The Balaban J connectivity index is 1.92. The third-order valence-electron chi connectivity index (χ3n) is 6.25. The van der Waals surface area contributed by atoms with Gasteiger partial charge in [-0.15, -0.1) is 0 Å². The highest BCUT2D eigenvalue weighted by Crippen LogP contribution is 2.40. The van der Waals surface area contributed by atoms with Crippen molar-refractivity contribution in [2.45, 2.75) is 28.4 Å². The monoisotopic (exact) mass is 590 g/mol. The van der Waals surface area contributed by atoms with Crippen LogP contribution in [-0.4, -0.2) is 27.7 Å². The van der Waals surface area contributed by atoms with Crippen molar-refractivity contribution in [3.05, 3.63) is 125 Å². The quantitative estimate of drug-likeness (QED) is 0.231. The fourth-order valence-corrected chi connectivity index (χ4v) is 6.51. The minimum Gasteiger partial charge on any atom is -0.386 e. The van der Waals surface area contributed by atoms with E-state index < -0.39 is 70.7 Å². The number of halogens is 3. The molecule has 0 amide bonds. The molecule has 0 saturated carbocycles. The molecule has 0 aliphatic carbocycles. The number of anilines is 1. The van der Waals surface area contributed by atoms with Gasteiger partial charge < -0.3 is 10.4 Å². The molecule has 0 aliphatic heterocycles. The molecule has 4 N–H and O–H groups in total. The minimum absolute atomic E-state index is 0.128. The van der Waals surface area contributed by atoms with Crippen molar-refractivity contribution >= 4 is 25.5 Å².